The third-order valence-corrected chi connectivity index (χ3v) is 5.52. The lowest BCUT2D eigenvalue weighted by atomic mass is 10.2. The lowest BCUT2D eigenvalue weighted by Gasteiger charge is -2.26. The second-order valence-corrected chi connectivity index (χ2v) is 7.34. The molecule has 0 atom stereocenters. The molecule has 6 nitrogen and oxygen atoms in total. The minimum atomic E-state index is -3.49. The molecule has 0 radical (unpaired) electrons. The Morgan fingerprint density at radius 1 is 1.17 bits per heavy atom. The fourth-order valence-corrected chi connectivity index (χ4v) is 4.03. The van der Waals surface area contributed by atoms with Gasteiger partial charge in [-0.15, -0.1) is 24.8 Å². The molecular weight excluding hydrogens is 373 g/mol. The van der Waals surface area contributed by atoms with Gasteiger partial charge < -0.3 is 10.1 Å². The molecule has 0 amide bonds. The van der Waals surface area contributed by atoms with Crippen LogP contribution in [0.3, 0.4) is 0 Å². The van der Waals surface area contributed by atoms with Crippen LogP contribution in [0.2, 0.25) is 0 Å². The molecule has 2 aliphatic rings. The average molecular weight is 394 g/mol. The van der Waals surface area contributed by atoms with E-state index < -0.39 is 10.0 Å². The maximum atomic E-state index is 12.7. The molecule has 1 aromatic rings. The summed E-state index contributed by atoms with van der Waals surface area (Å²) in [6, 6.07) is 5.01. The molecule has 1 saturated heterocycles. The van der Waals surface area contributed by atoms with Gasteiger partial charge in [0, 0.05) is 24.5 Å². The first kappa shape index (κ1) is 20.9. The number of morpholine rings is 1. The molecule has 0 saturated carbocycles. The van der Waals surface area contributed by atoms with E-state index in [1.165, 1.54) is 4.31 Å². The number of nitrogens with zero attached hydrogens (tertiary/aromatic N) is 2. The quantitative estimate of drug-likeness (QED) is 0.837. The number of hydrogen-bond donors (Lipinski definition) is 1. The van der Waals surface area contributed by atoms with E-state index in [0.717, 1.165) is 17.1 Å². The summed E-state index contributed by atoms with van der Waals surface area (Å²) in [6.45, 7) is 5.50. The Labute approximate surface area is 154 Å². The Kier molecular flexibility index (Phi) is 7.25. The van der Waals surface area contributed by atoms with Crippen LogP contribution in [-0.4, -0.2) is 44.7 Å². The van der Waals surface area contributed by atoms with Crippen LogP contribution in [0, 0.1) is 0 Å². The third kappa shape index (κ3) is 4.29. The first-order valence-corrected chi connectivity index (χ1v) is 8.63. The third-order valence-electron chi connectivity index (χ3n) is 3.63. The van der Waals surface area contributed by atoms with Crippen molar-refractivity contribution in [2.75, 3.05) is 31.6 Å². The van der Waals surface area contributed by atoms with Crippen molar-refractivity contribution in [1.82, 2.24) is 4.31 Å². The van der Waals surface area contributed by atoms with E-state index in [-0.39, 0.29) is 29.7 Å². The number of fused-ring (bicyclic) bond motifs is 1. The highest BCUT2D eigenvalue weighted by molar-refractivity contribution is 7.89. The summed E-state index contributed by atoms with van der Waals surface area (Å²) in [5, 5.41) is 3.21. The summed E-state index contributed by atoms with van der Waals surface area (Å²) in [5.41, 5.74) is 3.26. The van der Waals surface area contributed by atoms with Crippen LogP contribution in [-0.2, 0) is 14.8 Å². The second kappa shape index (κ2) is 8.31. The largest absolute Gasteiger partial charge is 0.379 e. The van der Waals surface area contributed by atoms with Crippen molar-refractivity contribution in [2.45, 2.75) is 18.7 Å². The molecule has 3 rings (SSSR count). The summed E-state index contributed by atoms with van der Waals surface area (Å²) in [6.07, 6.45) is 1.93. The van der Waals surface area contributed by atoms with Crippen LogP contribution in [0.1, 0.15) is 13.8 Å². The minimum absolute atomic E-state index is 0. The van der Waals surface area contributed by atoms with Gasteiger partial charge in [-0.25, -0.2) is 8.42 Å². The number of allylic oxidation sites excluding steroid dienone is 2. The zero-order valence-electron chi connectivity index (χ0n) is 13.5. The molecule has 0 bridgehead atoms. The molecular formula is C15H21Cl2N3O3S. The Balaban J connectivity index is 0.00000144. The zero-order chi connectivity index (χ0) is 15.7. The van der Waals surface area contributed by atoms with E-state index in [2.05, 4.69) is 10.3 Å². The van der Waals surface area contributed by atoms with E-state index >= 15 is 0 Å². The standard InChI is InChI=1S/C15H19N3O3S.2ClH/c1-11-9-12(2)17-15-10-13(3-4-14(15)16-11)22(19,20)18-5-7-21-8-6-18;;/h3-4,9-10,17H,5-8H2,1-2H3;2*1H. The summed E-state index contributed by atoms with van der Waals surface area (Å²) in [4.78, 5) is 4.76. The molecule has 1 fully saturated rings. The Bertz CT molecular complexity index is 757. The molecule has 2 aliphatic heterocycles. The highest BCUT2D eigenvalue weighted by Crippen LogP contribution is 2.32. The summed E-state index contributed by atoms with van der Waals surface area (Å²) in [7, 11) is -3.49. The van der Waals surface area contributed by atoms with Crippen molar-refractivity contribution < 1.29 is 13.2 Å². The second-order valence-electron chi connectivity index (χ2n) is 5.40. The molecule has 24 heavy (non-hydrogen) atoms. The van der Waals surface area contributed by atoms with E-state index in [9.17, 15) is 8.42 Å². The topological polar surface area (TPSA) is 71.0 Å². The zero-order valence-corrected chi connectivity index (χ0v) is 15.9. The molecule has 1 N–H and O–H groups in total. The van der Waals surface area contributed by atoms with E-state index in [1.54, 1.807) is 18.2 Å². The molecule has 9 heteroatoms. The normalized spacial score (nSPS) is 17.9. The monoisotopic (exact) mass is 393 g/mol. The maximum Gasteiger partial charge on any atom is 0.243 e. The number of anilines is 1. The molecule has 1 aromatic carbocycles. The van der Waals surface area contributed by atoms with Crippen LogP contribution in [0.25, 0.3) is 0 Å². The van der Waals surface area contributed by atoms with Gasteiger partial charge in [-0.05, 0) is 38.1 Å². The number of benzene rings is 1. The smallest absolute Gasteiger partial charge is 0.243 e. The fraction of sp³-hybridized carbons (Fsp3) is 0.400. The minimum Gasteiger partial charge on any atom is -0.379 e. The Hall–Kier alpha value is -1.12. The summed E-state index contributed by atoms with van der Waals surface area (Å²) >= 11 is 0. The van der Waals surface area contributed by atoms with Gasteiger partial charge in [-0.1, -0.05) is 0 Å². The van der Waals surface area contributed by atoms with E-state index in [0.29, 0.717) is 32.0 Å². The molecule has 0 aromatic heterocycles. The number of sulfonamides is 1. The van der Waals surface area contributed by atoms with Crippen LogP contribution in [0.5, 0.6) is 0 Å². The highest BCUT2D eigenvalue weighted by atomic mass is 35.5. The lowest BCUT2D eigenvalue weighted by Crippen LogP contribution is -2.40. The molecule has 134 valence electrons. The van der Waals surface area contributed by atoms with Crippen LogP contribution >= 0.6 is 24.8 Å². The number of ether oxygens (including phenoxy) is 1. The van der Waals surface area contributed by atoms with Crippen LogP contribution in [0.15, 0.2) is 39.9 Å². The Morgan fingerprint density at radius 2 is 1.83 bits per heavy atom. The van der Waals surface area contributed by atoms with E-state index in [1.807, 2.05) is 19.9 Å². The van der Waals surface area contributed by atoms with Crippen molar-refractivity contribution in [3.63, 3.8) is 0 Å². The number of nitrogens with one attached hydrogen (secondary N) is 1. The van der Waals surface area contributed by atoms with Crippen molar-refractivity contribution in [2.24, 2.45) is 4.99 Å². The highest BCUT2D eigenvalue weighted by Gasteiger charge is 2.27. The molecule has 0 unspecified atom stereocenters. The van der Waals surface area contributed by atoms with Gasteiger partial charge in [0.25, 0.3) is 0 Å². The van der Waals surface area contributed by atoms with Crippen molar-refractivity contribution in [3.8, 4) is 0 Å². The average Bonchev–Trinajstić information content (AvgIpc) is 2.63. The molecule has 0 aliphatic carbocycles. The fourth-order valence-electron chi connectivity index (χ4n) is 2.59. The van der Waals surface area contributed by atoms with Crippen molar-refractivity contribution in [1.29, 1.82) is 0 Å². The van der Waals surface area contributed by atoms with Gasteiger partial charge in [-0.3, -0.25) is 4.99 Å². The van der Waals surface area contributed by atoms with Gasteiger partial charge in [0.1, 0.15) is 0 Å². The first-order valence-electron chi connectivity index (χ1n) is 7.19. The first-order chi connectivity index (χ1) is 10.5. The Morgan fingerprint density at radius 3 is 2.50 bits per heavy atom. The number of aliphatic imine (C=N–C) groups is 1. The predicted octanol–water partition coefficient (Wildman–Crippen LogP) is 2.97. The summed E-state index contributed by atoms with van der Waals surface area (Å²) < 4.78 is 32.1. The van der Waals surface area contributed by atoms with Gasteiger partial charge in [0.05, 0.1) is 29.5 Å². The van der Waals surface area contributed by atoms with Gasteiger partial charge >= 0.3 is 0 Å². The van der Waals surface area contributed by atoms with E-state index in [4.69, 9.17) is 4.74 Å². The lowest BCUT2D eigenvalue weighted by molar-refractivity contribution is 0.0730. The van der Waals surface area contributed by atoms with Crippen molar-refractivity contribution >= 4 is 51.9 Å². The predicted molar refractivity (Wildman–Crippen MR) is 101 cm³/mol. The van der Waals surface area contributed by atoms with Gasteiger partial charge in [0.2, 0.25) is 10.0 Å². The SMILES string of the molecule is CC1=CC(C)=Nc2ccc(S(=O)(=O)N3CCOCC3)cc2N1.Cl.Cl. The number of halogens is 2. The maximum absolute atomic E-state index is 12.7. The van der Waals surface area contributed by atoms with Gasteiger partial charge in [0.15, 0.2) is 0 Å². The number of hydrogen-bond acceptors (Lipinski definition) is 5. The molecule has 0 spiro atoms. The summed E-state index contributed by atoms with van der Waals surface area (Å²) in [5.74, 6) is 0. The van der Waals surface area contributed by atoms with Crippen molar-refractivity contribution in [3.05, 3.63) is 30.0 Å². The molecule has 2 heterocycles. The number of rotatable bonds is 2. The van der Waals surface area contributed by atoms with Crippen LogP contribution < -0.4 is 5.32 Å². The van der Waals surface area contributed by atoms with Gasteiger partial charge in [-0.2, -0.15) is 4.31 Å². The van der Waals surface area contributed by atoms with Crippen LogP contribution in [0.4, 0.5) is 11.4 Å².